The average molecular weight is 376 g/mol. The highest BCUT2D eigenvalue weighted by Crippen LogP contribution is 2.21. The third kappa shape index (κ3) is 4.98. The van der Waals surface area contributed by atoms with Gasteiger partial charge in [0.05, 0.1) is 25.6 Å². The van der Waals surface area contributed by atoms with E-state index in [9.17, 15) is 13.2 Å². The maximum Gasteiger partial charge on any atom is 0.251 e. The van der Waals surface area contributed by atoms with Gasteiger partial charge in [-0.3, -0.25) is 9.10 Å². The van der Waals surface area contributed by atoms with Gasteiger partial charge < -0.3 is 10.1 Å². The maximum absolute atomic E-state index is 12.3. The van der Waals surface area contributed by atoms with Crippen molar-refractivity contribution < 1.29 is 17.9 Å². The van der Waals surface area contributed by atoms with Gasteiger partial charge >= 0.3 is 0 Å². The van der Waals surface area contributed by atoms with Crippen LogP contribution in [-0.2, 0) is 10.0 Å². The van der Waals surface area contributed by atoms with Gasteiger partial charge in [-0.2, -0.15) is 0 Å². The van der Waals surface area contributed by atoms with Gasteiger partial charge in [0, 0.05) is 12.1 Å². The molecule has 0 atom stereocenters. The van der Waals surface area contributed by atoms with Gasteiger partial charge in [-0.15, -0.1) is 0 Å². The summed E-state index contributed by atoms with van der Waals surface area (Å²) in [6, 6.07) is 12.2. The zero-order valence-electron chi connectivity index (χ0n) is 15.4. The number of carbonyl (C=O) groups excluding carboxylic acids is 1. The summed E-state index contributed by atoms with van der Waals surface area (Å²) < 4.78 is 30.5. The number of nitrogens with zero attached hydrogens (tertiary/aromatic N) is 1. The second-order valence-corrected chi connectivity index (χ2v) is 7.99. The number of hydrogen-bond donors (Lipinski definition) is 1. The molecule has 1 N–H and O–H groups in total. The lowest BCUT2D eigenvalue weighted by atomic mass is 10.1. The predicted octanol–water partition coefficient (Wildman–Crippen LogP) is 2.51. The zero-order chi connectivity index (χ0) is 19.3. The van der Waals surface area contributed by atoms with E-state index in [-0.39, 0.29) is 19.0 Å². The Balaban J connectivity index is 2.05. The molecule has 0 heterocycles. The summed E-state index contributed by atoms with van der Waals surface area (Å²) in [5.41, 5.74) is 3.23. The Hall–Kier alpha value is -2.54. The maximum atomic E-state index is 12.3. The summed E-state index contributed by atoms with van der Waals surface area (Å²) >= 11 is 0. The van der Waals surface area contributed by atoms with Crippen LogP contribution in [0.3, 0.4) is 0 Å². The average Bonchev–Trinajstić information content (AvgIpc) is 2.60. The largest absolute Gasteiger partial charge is 0.497 e. The van der Waals surface area contributed by atoms with E-state index in [1.54, 1.807) is 37.4 Å². The number of aryl methyl sites for hydroxylation is 2. The minimum atomic E-state index is -3.47. The molecule has 0 fully saturated rings. The summed E-state index contributed by atoms with van der Waals surface area (Å²) in [5, 5.41) is 2.77. The molecule has 0 radical (unpaired) electrons. The van der Waals surface area contributed by atoms with Crippen molar-refractivity contribution in [3.05, 3.63) is 59.2 Å². The third-order valence-corrected chi connectivity index (χ3v) is 5.32. The highest BCUT2D eigenvalue weighted by molar-refractivity contribution is 7.92. The van der Waals surface area contributed by atoms with Crippen LogP contribution in [0.15, 0.2) is 42.5 Å². The van der Waals surface area contributed by atoms with Gasteiger partial charge in [0.1, 0.15) is 5.75 Å². The molecular formula is C19H24N2O4S. The fraction of sp³-hybridized carbons (Fsp3) is 0.316. The molecule has 2 rings (SSSR count). The topological polar surface area (TPSA) is 75.7 Å². The molecule has 140 valence electrons. The summed E-state index contributed by atoms with van der Waals surface area (Å²) in [6.45, 7) is 4.27. The van der Waals surface area contributed by atoms with Crippen LogP contribution in [0, 0.1) is 13.8 Å². The van der Waals surface area contributed by atoms with E-state index in [2.05, 4.69) is 5.32 Å². The molecule has 0 aliphatic rings. The third-order valence-electron chi connectivity index (χ3n) is 4.13. The molecule has 2 aromatic carbocycles. The van der Waals surface area contributed by atoms with Crippen LogP contribution >= 0.6 is 0 Å². The van der Waals surface area contributed by atoms with E-state index >= 15 is 0 Å². The van der Waals surface area contributed by atoms with Crippen LogP contribution < -0.4 is 14.4 Å². The first-order valence-corrected chi connectivity index (χ1v) is 10.0. The van der Waals surface area contributed by atoms with Crippen LogP contribution in [-0.4, -0.2) is 40.8 Å². The summed E-state index contributed by atoms with van der Waals surface area (Å²) in [6.07, 6.45) is 1.14. The van der Waals surface area contributed by atoms with Crippen molar-refractivity contribution in [2.75, 3.05) is 30.8 Å². The normalized spacial score (nSPS) is 11.1. The molecule has 0 aliphatic carbocycles. The molecule has 1 amide bonds. The number of benzene rings is 2. The highest BCUT2D eigenvalue weighted by Gasteiger charge is 2.17. The molecule has 0 aromatic heterocycles. The number of carbonyl (C=O) groups is 1. The Kier molecular flexibility index (Phi) is 6.26. The summed E-state index contributed by atoms with van der Waals surface area (Å²) in [7, 11) is -1.92. The number of sulfonamides is 1. The first kappa shape index (κ1) is 19.8. The highest BCUT2D eigenvalue weighted by atomic mass is 32.2. The van der Waals surface area contributed by atoms with Crippen LogP contribution in [0.2, 0.25) is 0 Å². The molecular weight excluding hydrogens is 352 g/mol. The van der Waals surface area contributed by atoms with Crippen molar-refractivity contribution in [2.45, 2.75) is 13.8 Å². The first-order valence-electron chi connectivity index (χ1n) is 8.19. The number of anilines is 1. The first-order chi connectivity index (χ1) is 12.2. The minimum absolute atomic E-state index is 0.141. The monoisotopic (exact) mass is 376 g/mol. The van der Waals surface area contributed by atoms with Crippen LogP contribution in [0.5, 0.6) is 5.75 Å². The van der Waals surface area contributed by atoms with Crippen molar-refractivity contribution in [3.8, 4) is 5.75 Å². The van der Waals surface area contributed by atoms with Gasteiger partial charge in [0.15, 0.2) is 0 Å². The molecule has 0 bridgehead atoms. The van der Waals surface area contributed by atoms with Gasteiger partial charge in [0.25, 0.3) is 5.91 Å². The van der Waals surface area contributed by atoms with Crippen molar-refractivity contribution >= 4 is 21.6 Å². The molecule has 0 saturated carbocycles. The van der Waals surface area contributed by atoms with Gasteiger partial charge in [-0.1, -0.05) is 6.07 Å². The zero-order valence-corrected chi connectivity index (χ0v) is 16.3. The number of hydrogen-bond acceptors (Lipinski definition) is 4. The predicted molar refractivity (Wildman–Crippen MR) is 103 cm³/mol. The Labute approximate surface area is 154 Å². The molecule has 0 saturated heterocycles. The Morgan fingerprint density at radius 1 is 1.08 bits per heavy atom. The van der Waals surface area contributed by atoms with Crippen LogP contribution in [0.25, 0.3) is 0 Å². The van der Waals surface area contributed by atoms with E-state index in [4.69, 9.17) is 4.74 Å². The summed E-state index contributed by atoms with van der Waals surface area (Å²) in [4.78, 5) is 12.3. The Morgan fingerprint density at radius 2 is 1.73 bits per heavy atom. The smallest absolute Gasteiger partial charge is 0.251 e. The van der Waals surface area contributed by atoms with E-state index in [0.717, 1.165) is 17.4 Å². The lowest BCUT2D eigenvalue weighted by Gasteiger charge is -2.22. The second kappa shape index (κ2) is 8.23. The standard InChI is InChI=1S/C19H24N2O4S/c1-14-5-6-16(13-15(14)2)19(22)20-11-12-21(26(4,23)24)17-7-9-18(25-3)10-8-17/h5-10,13H,11-12H2,1-4H3,(H,20,22). The molecule has 0 aliphatic heterocycles. The van der Waals surface area contributed by atoms with Crippen molar-refractivity contribution in [1.82, 2.24) is 5.32 Å². The second-order valence-electron chi connectivity index (χ2n) is 6.09. The van der Waals surface area contributed by atoms with E-state index in [1.165, 1.54) is 4.31 Å². The van der Waals surface area contributed by atoms with Gasteiger partial charge in [0.2, 0.25) is 10.0 Å². The number of rotatable bonds is 7. The van der Waals surface area contributed by atoms with Crippen molar-refractivity contribution in [2.24, 2.45) is 0 Å². The Morgan fingerprint density at radius 3 is 2.27 bits per heavy atom. The van der Waals surface area contributed by atoms with E-state index in [1.807, 2.05) is 26.0 Å². The number of nitrogens with one attached hydrogen (secondary N) is 1. The fourth-order valence-corrected chi connectivity index (χ4v) is 3.42. The van der Waals surface area contributed by atoms with Crippen molar-refractivity contribution in [1.29, 1.82) is 0 Å². The Bertz CT molecular complexity index is 877. The van der Waals surface area contributed by atoms with Crippen LogP contribution in [0.4, 0.5) is 5.69 Å². The molecule has 0 spiro atoms. The van der Waals surface area contributed by atoms with Crippen LogP contribution in [0.1, 0.15) is 21.5 Å². The quantitative estimate of drug-likeness (QED) is 0.806. The van der Waals surface area contributed by atoms with Crippen molar-refractivity contribution in [3.63, 3.8) is 0 Å². The molecule has 6 nitrogen and oxygen atoms in total. The van der Waals surface area contributed by atoms with Gasteiger partial charge in [-0.05, 0) is 61.4 Å². The molecule has 2 aromatic rings. The van der Waals surface area contributed by atoms with Gasteiger partial charge in [-0.25, -0.2) is 8.42 Å². The molecule has 0 unspecified atom stereocenters. The van der Waals surface area contributed by atoms with E-state index < -0.39 is 10.0 Å². The van der Waals surface area contributed by atoms with E-state index in [0.29, 0.717) is 17.0 Å². The lowest BCUT2D eigenvalue weighted by Crippen LogP contribution is -2.38. The SMILES string of the molecule is COc1ccc(N(CCNC(=O)c2ccc(C)c(C)c2)S(C)(=O)=O)cc1. The number of ether oxygens (including phenoxy) is 1. The molecule has 26 heavy (non-hydrogen) atoms. The minimum Gasteiger partial charge on any atom is -0.497 e. The number of amides is 1. The fourth-order valence-electron chi connectivity index (χ4n) is 2.49. The molecule has 7 heteroatoms. The lowest BCUT2D eigenvalue weighted by molar-refractivity contribution is 0.0954. The summed E-state index contributed by atoms with van der Waals surface area (Å²) in [5.74, 6) is 0.418. The number of methoxy groups -OCH3 is 1.